The minimum absolute atomic E-state index is 0.358. The van der Waals surface area contributed by atoms with Crippen LogP contribution in [0.5, 0.6) is 0 Å². The second-order valence-electron chi connectivity index (χ2n) is 3.91. The van der Waals surface area contributed by atoms with Gasteiger partial charge in [-0.1, -0.05) is 30.3 Å². The van der Waals surface area contributed by atoms with Crippen LogP contribution in [0, 0.1) is 0 Å². The first-order chi connectivity index (χ1) is 8.77. The van der Waals surface area contributed by atoms with Crippen LogP contribution in [-0.4, -0.2) is 37.0 Å². The van der Waals surface area contributed by atoms with Crippen LogP contribution in [0.4, 0.5) is 4.79 Å². The summed E-state index contributed by atoms with van der Waals surface area (Å²) in [5, 5.41) is 2.71. The van der Waals surface area contributed by atoms with E-state index >= 15 is 0 Å². The van der Waals surface area contributed by atoms with E-state index in [1.165, 1.54) is 0 Å². The van der Waals surface area contributed by atoms with Gasteiger partial charge in [0.25, 0.3) is 0 Å². The van der Waals surface area contributed by atoms with Crippen LogP contribution in [0.25, 0.3) is 0 Å². The zero-order valence-corrected chi connectivity index (χ0v) is 10.3. The van der Waals surface area contributed by atoms with Crippen LogP contribution >= 0.6 is 0 Å². The number of hydrogen-bond donors (Lipinski definition) is 2. The molecule has 1 aromatic rings. The van der Waals surface area contributed by atoms with E-state index in [1.54, 1.807) is 0 Å². The standard InChI is InChI=1S/C13H19N3O2/c14-8-4-10-16(11-17)13(18)15-9-7-12-5-2-1-3-6-12/h1-3,5-6,11H,4,7-10,14H2,(H,15,18). The second kappa shape index (κ2) is 8.25. The highest BCUT2D eigenvalue weighted by Crippen LogP contribution is 1.98. The van der Waals surface area contributed by atoms with Gasteiger partial charge in [-0.15, -0.1) is 0 Å². The monoisotopic (exact) mass is 249 g/mol. The number of benzene rings is 1. The summed E-state index contributed by atoms with van der Waals surface area (Å²) in [6.07, 6.45) is 1.90. The molecule has 0 atom stereocenters. The molecule has 0 aliphatic carbocycles. The Morgan fingerprint density at radius 3 is 2.67 bits per heavy atom. The van der Waals surface area contributed by atoms with Gasteiger partial charge >= 0.3 is 6.03 Å². The fraction of sp³-hybridized carbons (Fsp3) is 0.385. The Kier molecular flexibility index (Phi) is 6.50. The van der Waals surface area contributed by atoms with E-state index in [1.807, 2.05) is 30.3 Å². The lowest BCUT2D eigenvalue weighted by Gasteiger charge is -2.15. The third-order valence-electron chi connectivity index (χ3n) is 2.52. The summed E-state index contributed by atoms with van der Waals surface area (Å²) in [5.74, 6) is 0. The molecule has 18 heavy (non-hydrogen) atoms. The number of imide groups is 1. The molecule has 0 fully saturated rings. The van der Waals surface area contributed by atoms with E-state index in [-0.39, 0.29) is 6.03 Å². The smallest absolute Gasteiger partial charge is 0.323 e. The molecule has 0 unspecified atom stereocenters. The maximum Gasteiger partial charge on any atom is 0.323 e. The van der Waals surface area contributed by atoms with E-state index in [0.717, 1.165) is 16.9 Å². The maximum absolute atomic E-state index is 11.6. The zero-order valence-electron chi connectivity index (χ0n) is 10.3. The van der Waals surface area contributed by atoms with Crippen LogP contribution in [0.15, 0.2) is 30.3 Å². The minimum atomic E-state index is -0.366. The first-order valence-electron chi connectivity index (χ1n) is 6.01. The fourth-order valence-corrected chi connectivity index (χ4v) is 1.52. The van der Waals surface area contributed by atoms with Gasteiger partial charge in [-0.2, -0.15) is 0 Å². The Bertz CT molecular complexity index is 368. The molecule has 0 saturated heterocycles. The Balaban J connectivity index is 2.29. The number of carbonyl (C=O) groups excluding carboxylic acids is 2. The van der Waals surface area contributed by atoms with Crippen molar-refractivity contribution in [3.05, 3.63) is 35.9 Å². The van der Waals surface area contributed by atoms with Crippen molar-refractivity contribution in [1.29, 1.82) is 0 Å². The fourth-order valence-electron chi connectivity index (χ4n) is 1.52. The molecule has 0 heterocycles. The van der Waals surface area contributed by atoms with E-state index in [0.29, 0.717) is 32.5 Å². The number of urea groups is 1. The largest absolute Gasteiger partial charge is 0.337 e. The first-order valence-corrected chi connectivity index (χ1v) is 6.01. The second-order valence-corrected chi connectivity index (χ2v) is 3.91. The van der Waals surface area contributed by atoms with Crippen LogP contribution in [0.3, 0.4) is 0 Å². The Labute approximate surface area is 107 Å². The van der Waals surface area contributed by atoms with Crippen molar-refractivity contribution in [1.82, 2.24) is 10.2 Å². The normalized spacial score (nSPS) is 9.83. The predicted molar refractivity (Wildman–Crippen MR) is 70.0 cm³/mol. The van der Waals surface area contributed by atoms with Crippen molar-refractivity contribution in [2.24, 2.45) is 5.73 Å². The van der Waals surface area contributed by atoms with Gasteiger partial charge in [-0.25, -0.2) is 4.79 Å². The van der Waals surface area contributed by atoms with E-state index in [9.17, 15) is 9.59 Å². The molecule has 3 N–H and O–H groups in total. The number of amides is 3. The summed E-state index contributed by atoms with van der Waals surface area (Å²) in [6.45, 7) is 1.33. The highest BCUT2D eigenvalue weighted by atomic mass is 16.2. The zero-order chi connectivity index (χ0) is 13.2. The minimum Gasteiger partial charge on any atom is -0.337 e. The Morgan fingerprint density at radius 2 is 2.06 bits per heavy atom. The van der Waals surface area contributed by atoms with Gasteiger partial charge in [0, 0.05) is 13.1 Å². The van der Waals surface area contributed by atoms with Crippen LogP contribution in [-0.2, 0) is 11.2 Å². The molecule has 0 aliphatic rings. The highest BCUT2D eigenvalue weighted by Gasteiger charge is 2.10. The van der Waals surface area contributed by atoms with Gasteiger partial charge in [-0.05, 0) is 24.9 Å². The quantitative estimate of drug-likeness (QED) is 0.700. The van der Waals surface area contributed by atoms with Crippen molar-refractivity contribution in [3.8, 4) is 0 Å². The molecular formula is C13H19N3O2. The molecular weight excluding hydrogens is 230 g/mol. The third kappa shape index (κ3) is 4.97. The molecule has 0 radical (unpaired) electrons. The molecule has 0 aromatic heterocycles. The number of rotatable bonds is 7. The van der Waals surface area contributed by atoms with Crippen molar-refractivity contribution in [2.45, 2.75) is 12.8 Å². The van der Waals surface area contributed by atoms with Crippen molar-refractivity contribution >= 4 is 12.4 Å². The molecule has 98 valence electrons. The first kappa shape index (κ1) is 14.2. The summed E-state index contributed by atoms with van der Waals surface area (Å²) in [6, 6.07) is 9.49. The molecule has 1 rings (SSSR count). The summed E-state index contributed by atoms with van der Waals surface area (Å²) in [4.78, 5) is 23.4. The molecule has 5 heteroatoms. The van der Waals surface area contributed by atoms with Crippen LogP contribution < -0.4 is 11.1 Å². The number of hydrogen-bond acceptors (Lipinski definition) is 3. The summed E-state index contributed by atoms with van der Waals surface area (Å²) < 4.78 is 0. The number of nitrogens with zero attached hydrogens (tertiary/aromatic N) is 1. The number of carbonyl (C=O) groups is 2. The van der Waals surface area contributed by atoms with E-state index in [4.69, 9.17) is 5.73 Å². The van der Waals surface area contributed by atoms with E-state index < -0.39 is 0 Å². The lowest BCUT2D eigenvalue weighted by molar-refractivity contribution is -0.115. The van der Waals surface area contributed by atoms with Crippen molar-refractivity contribution < 1.29 is 9.59 Å². The third-order valence-corrected chi connectivity index (χ3v) is 2.52. The highest BCUT2D eigenvalue weighted by molar-refractivity contribution is 5.84. The summed E-state index contributed by atoms with van der Waals surface area (Å²) in [7, 11) is 0. The Hall–Kier alpha value is -1.88. The topological polar surface area (TPSA) is 75.4 Å². The lowest BCUT2D eigenvalue weighted by atomic mass is 10.1. The molecule has 0 aliphatic heterocycles. The summed E-state index contributed by atoms with van der Waals surface area (Å²) in [5.41, 5.74) is 6.48. The molecule has 5 nitrogen and oxygen atoms in total. The number of nitrogens with one attached hydrogen (secondary N) is 1. The van der Waals surface area contributed by atoms with Gasteiger partial charge in [0.05, 0.1) is 0 Å². The molecule has 0 saturated carbocycles. The van der Waals surface area contributed by atoms with Gasteiger partial charge in [-0.3, -0.25) is 9.69 Å². The van der Waals surface area contributed by atoms with Crippen LogP contribution in [0.1, 0.15) is 12.0 Å². The summed E-state index contributed by atoms with van der Waals surface area (Å²) >= 11 is 0. The molecule has 0 spiro atoms. The average Bonchev–Trinajstić information content (AvgIpc) is 2.41. The van der Waals surface area contributed by atoms with Gasteiger partial charge in [0.15, 0.2) is 0 Å². The molecule has 0 bridgehead atoms. The number of nitrogens with two attached hydrogens (primary N) is 1. The maximum atomic E-state index is 11.6. The Morgan fingerprint density at radius 1 is 1.33 bits per heavy atom. The molecule has 3 amide bonds. The van der Waals surface area contributed by atoms with Gasteiger partial charge in [0.2, 0.25) is 6.41 Å². The van der Waals surface area contributed by atoms with Crippen LogP contribution in [0.2, 0.25) is 0 Å². The average molecular weight is 249 g/mol. The van der Waals surface area contributed by atoms with Crippen molar-refractivity contribution in [2.75, 3.05) is 19.6 Å². The molecule has 1 aromatic carbocycles. The lowest BCUT2D eigenvalue weighted by Crippen LogP contribution is -2.40. The van der Waals surface area contributed by atoms with E-state index in [2.05, 4.69) is 5.32 Å². The predicted octanol–water partition coefficient (Wildman–Crippen LogP) is 0.746. The van der Waals surface area contributed by atoms with Crippen molar-refractivity contribution in [3.63, 3.8) is 0 Å². The van der Waals surface area contributed by atoms with Gasteiger partial charge < -0.3 is 11.1 Å². The SMILES string of the molecule is NCCCN(C=O)C(=O)NCCc1ccccc1. The van der Waals surface area contributed by atoms with Gasteiger partial charge in [0.1, 0.15) is 0 Å².